The monoisotopic (exact) mass is 221 g/mol. The molecule has 0 aliphatic heterocycles. The zero-order valence-electron chi connectivity index (χ0n) is 9.24. The van der Waals surface area contributed by atoms with Crippen molar-refractivity contribution >= 4 is 17.1 Å². The molecule has 0 radical (unpaired) electrons. The number of nitrogens with zero attached hydrogens (tertiary/aromatic N) is 3. The topological polar surface area (TPSA) is 30.7 Å². The van der Waals surface area contributed by atoms with Gasteiger partial charge in [0.1, 0.15) is 11.0 Å². The van der Waals surface area contributed by atoms with Crippen LogP contribution in [0.25, 0.3) is 22.8 Å². The highest BCUT2D eigenvalue weighted by Gasteiger charge is 2.03. The smallest absolute Gasteiger partial charge is 0.113 e. The molecule has 0 unspecified atom stereocenters. The Morgan fingerprint density at radius 1 is 0.941 bits per heavy atom. The second-order valence-electron chi connectivity index (χ2n) is 3.78. The summed E-state index contributed by atoms with van der Waals surface area (Å²) in [6.45, 7) is 3.76. The highest BCUT2D eigenvalue weighted by molar-refractivity contribution is 5.73. The summed E-state index contributed by atoms with van der Waals surface area (Å²) in [5, 5.41) is 8.86. The van der Waals surface area contributed by atoms with Crippen LogP contribution in [-0.4, -0.2) is 15.0 Å². The van der Waals surface area contributed by atoms with Crippen LogP contribution in [0.4, 0.5) is 0 Å². The largest absolute Gasteiger partial charge is 0.150 e. The van der Waals surface area contributed by atoms with Gasteiger partial charge in [-0.15, -0.1) is 10.2 Å². The molecule has 1 aromatic heterocycles. The molecule has 3 rings (SSSR count). The van der Waals surface area contributed by atoms with Crippen molar-refractivity contribution in [2.24, 2.45) is 0 Å². The standard InChI is InChI=1S/C14H11N3/c1-2-11-6-5-7-12(10-11)17-15-13-8-3-4-9-14(13)16-17/h2-10H,1H2. The van der Waals surface area contributed by atoms with Crippen molar-refractivity contribution in [3.05, 3.63) is 60.7 Å². The van der Waals surface area contributed by atoms with Crippen molar-refractivity contribution in [2.75, 3.05) is 0 Å². The second-order valence-corrected chi connectivity index (χ2v) is 3.78. The molecule has 2 aromatic carbocycles. The predicted octanol–water partition coefficient (Wildman–Crippen LogP) is 3.06. The Morgan fingerprint density at radius 3 is 2.29 bits per heavy atom. The van der Waals surface area contributed by atoms with Crippen LogP contribution in [0.5, 0.6) is 0 Å². The molecule has 3 nitrogen and oxygen atoms in total. The summed E-state index contributed by atoms with van der Waals surface area (Å²) in [7, 11) is 0. The first kappa shape index (κ1) is 9.78. The summed E-state index contributed by atoms with van der Waals surface area (Å²) in [5.41, 5.74) is 3.80. The molecule has 0 amide bonds. The van der Waals surface area contributed by atoms with Crippen molar-refractivity contribution in [1.82, 2.24) is 15.0 Å². The minimum Gasteiger partial charge on any atom is -0.150 e. The van der Waals surface area contributed by atoms with Crippen molar-refractivity contribution in [3.8, 4) is 5.69 Å². The number of hydrogen-bond acceptors (Lipinski definition) is 2. The van der Waals surface area contributed by atoms with E-state index in [4.69, 9.17) is 0 Å². The maximum Gasteiger partial charge on any atom is 0.113 e. The molecule has 0 saturated carbocycles. The molecule has 0 spiro atoms. The average molecular weight is 221 g/mol. The third kappa shape index (κ3) is 1.72. The summed E-state index contributed by atoms with van der Waals surface area (Å²) in [4.78, 5) is 1.65. The van der Waals surface area contributed by atoms with E-state index in [1.54, 1.807) is 4.80 Å². The second kappa shape index (κ2) is 3.87. The lowest BCUT2D eigenvalue weighted by molar-refractivity contribution is 0.765. The lowest BCUT2D eigenvalue weighted by Gasteiger charge is -1.99. The third-order valence-corrected chi connectivity index (χ3v) is 2.62. The van der Waals surface area contributed by atoms with Gasteiger partial charge in [-0.2, -0.15) is 4.80 Å². The van der Waals surface area contributed by atoms with Gasteiger partial charge >= 0.3 is 0 Å². The molecular weight excluding hydrogens is 210 g/mol. The molecule has 0 saturated heterocycles. The van der Waals surface area contributed by atoms with Gasteiger partial charge in [-0.3, -0.25) is 0 Å². The van der Waals surface area contributed by atoms with Crippen LogP contribution in [-0.2, 0) is 0 Å². The normalized spacial score (nSPS) is 10.6. The van der Waals surface area contributed by atoms with Gasteiger partial charge in [0.25, 0.3) is 0 Å². The number of rotatable bonds is 2. The molecule has 0 aliphatic rings. The van der Waals surface area contributed by atoms with Crippen LogP contribution in [0.15, 0.2) is 55.1 Å². The van der Waals surface area contributed by atoms with Crippen molar-refractivity contribution in [3.63, 3.8) is 0 Å². The molecule has 0 bridgehead atoms. The van der Waals surface area contributed by atoms with E-state index >= 15 is 0 Å². The molecule has 82 valence electrons. The summed E-state index contributed by atoms with van der Waals surface area (Å²) in [6, 6.07) is 15.8. The van der Waals surface area contributed by atoms with Gasteiger partial charge in [0, 0.05) is 0 Å². The molecule has 17 heavy (non-hydrogen) atoms. The summed E-state index contributed by atoms with van der Waals surface area (Å²) in [5.74, 6) is 0. The number of fused-ring (bicyclic) bond motifs is 1. The summed E-state index contributed by atoms with van der Waals surface area (Å²) < 4.78 is 0. The highest BCUT2D eigenvalue weighted by Crippen LogP contribution is 2.13. The van der Waals surface area contributed by atoms with Gasteiger partial charge < -0.3 is 0 Å². The molecule has 0 aliphatic carbocycles. The van der Waals surface area contributed by atoms with E-state index in [0.29, 0.717) is 0 Å². The molecule has 1 heterocycles. The van der Waals surface area contributed by atoms with E-state index in [-0.39, 0.29) is 0 Å². The Hall–Kier alpha value is -2.42. The Bertz CT molecular complexity index is 650. The van der Waals surface area contributed by atoms with E-state index in [1.165, 1.54) is 0 Å². The Balaban J connectivity index is 2.16. The fourth-order valence-electron chi connectivity index (χ4n) is 1.75. The van der Waals surface area contributed by atoms with Crippen LogP contribution >= 0.6 is 0 Å². The maximum atomic E-state index is 4.43. The van der Waals surface area contributed by atoms with E-state index in [1.807, 2.05) is 54.6 Å². The maximum absolute atomic E-state index is 4.43. The van der Waals surface area contributed by atoms with Crippen LogP contribution in [0.1, 0.15) is 5.56 Å². The van der Waals surface area contributed by atoms with Crippen LogP contribution in [0.3, 0.4) is 0 Å². The minimum atomic E-state index is 0.900. The van der Waals surface area contributed by atoms with Crippen LogP contribution in [0, 0.1) is 0 Å². The molecule has 0 fully saturated rings. The molecule has 3 aromatic rings. The molecular formula is C14H11N3. The Labute approximate surface area is 99.0 Å². The first-order valence-corrected chi connectivity index (χ1v) is 5.42. The van der Waals surface area contributed by atoms with Gasteiger partial charge in [-0.05, 0) is 29.8 Å². The van der Waals surface area contributed by atoms with Gasteiger partial charge in [0.15, 0.2) is 0 Å². The predicted molar refractivity (Wildman–Crippen MR) is 69.0 cm³/mol. The lowest BCUT2D eigenvalue weighted by atomic mass is 10.2. The van der Waals surface area contributed by atoms with E-state index in [9.17, 15) is 0 Å². The first-order chi connectivity index (χ1) is 8.36. The Kier molecular flexibility index (Phi) is 2.22. The van der Waals surface area contributed by atoms with Gasteiger partial charge in [-0.25, -0.2) is 0 Å². The quantitative estimate of drug-likeness (QED) is 0.665. The third-order valence-electron chi connectivity index (χ3n) is 2.62. The van der Waals surface area contributed by atoms with Crippen molar-refractivity contribution < 1.29 is 0 Å². The fourth-order valence-corrected chi connectivity index (χ4v) is 1.75. The number of benzene rings is 2. The molecule has 0 N–H and O–H groups in total. The minimum absolute atomic E-state index is 0.900. The van der Waals surface area contributed by atoms with E-state index < -0.39 is 0 Å². The zero-order chi connectivity index (χ0) is 11.7. The molecule has 0 atom stereocenters. The SMILES string of the molecule is C=Cc1cccc(-n2nc3ccccc3n2)c1. The fraction of sp³-hybridized carbons (Fsp3) is 0. The van der Waals surface area contributed by atoms with E-state index in [2.05, 4.69) is 16.8 Å². The van der Waals surface area contributed by atoms with Gasteiger partial charge in [0.2, 0.25) is 0 Å². The number of hydrogen-bond donors (Lipinski definition) is 0. The van der Waals surface area contributed by atoms with Crippen molar-refractivity contribution in [1.29, 1.82) is 0 Å². The van der Waals surface area contributed by atoms with Gasteiger partial charge in [-0.1, -0.05) is 36.9 Å². The zero-order valence-corrected chi connectivity index (χ0v) is 9.24. The summed E-state index contributed by atoms with van der Waals surface area (Å²) in [6.07, 6.45) is 1.81. The lowest BCUT2D eigenvalue weighted by Crippen LogP contribution is -1.98. The van der Waals surface area contributed by atoms with Crippen molar-refractivity contribution in [2.45, 2.75) is 0 Å². The number of aromatic nitrogens is 3. The first-order valence-electron chi connectivity index (χ1n) is 5.42. The Morgan fingerprint density at radius 2 is 1.65 bits per heavy atom. The van der Waals surface area contributed by atoms with Gasteiger partial charge in [0.05, 0.1) is 5.69 Å². The van der Waals surface area contributed by atoms with E-state index in [0.717, 1.165) is 22.3 Å². The summed E-state index contributed by atoms with van der Waals surface area (Å²) >= 11 is 0. The molecule has 3 heteroatoms. The van der Waals surface area contributed by atoms with Crippen LogP contribution < -0.4 is 0 Å². The highest BCUT2D eigenvalue weighted by atomic mass is 15.5. The van der Waals surface area contributed by atoms with Crippen LogP contribution in [0.2, 0.25) is 0 Å². The average Bonchev–Trinajstić information content (AvgIpc) is 2.82.